The van der Waals surface area contributed by atoms with E-state index >= 15 is 0 Å². The van der Waals surface area contributed by atoms with E-state index in [0.717, 1.165) is 11.3 Å². The highest BCUT2D eigenvalue weighted by atomic mass is 35.5. The predicted molar refractivity (Wildman–Crippen MR) is 124 cm³/mol. The molecule has 1 unspecified atom stereocenters. The first-order chi connectivity index (χ1) is 16.0. The van der Waals surface area contributed by atoms with Gasteiger partial charge in [0.2, 0.25) is 0 Å². The molecule has 1 aliphatic heterocycles. The summed E-state index contributed by atoms with van der Waals surface area (Å²) in [5.74, 6) is -0.545. The molecule has 0 bridgehead atoms. The molecule has 2 N–H and O–H groups in total. The average molecular weight is 467 g/mol. The number of carbonyl (C=O) groups excluding carboxylic acids is 2. The molecule has 2 heterocycles. The molecule has 8 nitrogen and oxygen atoms in total. The Morgan fingerprint density at radius 3 is 2.55 bits per heavy atom. The summed E-state index contributed by atoms with van der Waals surface area (Å²) in [6, 6.07) is 15.6. The van der Waals surface area contributed by atoms with Crippen molar-refractivity contribution in [2.24, 2.45) is 0 Å². The van der Waals surface area contributed by atoms with Crippen molar-refractivity contribution in [3.05, 3.63) is 82.7 Å². The standard InChI is InChI=1S/C24H23ClN4O4/c1-15-20(23(30)33-13-12-32-2)22(27-24(31)26-15)19-14-29(18-6-4-3-5-7-18)28-21(19)16-8-10-17(25)11-9-16/h3-11,14,22H,12-13H2,1-2H3,(H2,26,27,31). The molecule has 2 aromatic carbocycles. The molecule has 0 aliphatic carbocycles. The fourth-order valence-corrected chi connectivity index (χ4v) is 3.76. The molecule has 3 aromatic rings. The van der Waals surface area contributed by atoms with Gasteiger partial charge in [0, 0.05) is 35.2 Å². The highest BCUT2D eigenvalue weighted by Gasteiger charge is 2.35. The summed E-state index contributed by atoms with van der Waals surface area (Å²) in [6.07, 6.45) is 1.81. The monoisotopic (exact) mass is 466 g/mol. The SMILES string of the molecule is COCCOC(=O)C1=C(C)NC(=O)NC1c1cn(-c2ccccc2)nc1-c1ccc(Cl)cc1. The minimum Gasteiger partial charge on any atom is -0.460 e. The van der Waals surface area contributed by atoms with E-state index in [2.05, 4.69) is 10.6 Å². The van der Waals surface area contributed by atoms with E-state index in [0.29, 0.717) is 27.6 Å². The highest BCUT2D eigenvalue weighted by molar-refractivity contribution is 6.30. The summed E-state index contributed by atoms with van der Waals surface area (Å²) in [6.45, 7) is 2.03. The average Bonchev–Trinajstić information content (AvgIpc) is 3.25. The molecule has 2 amide bonds. The van der Waals surface area contributed by atoms with Gasteiger partial charge in [-0.1, -0.05) is 41.9 Å². The number of rotatable bonds is 7. The molecule has 1 aliphatic rings. The van der Waals surface area contributed by atoms with Crippen molar-refractivity contribution in [2.75, 3.05) is 20.3 Å². The summed E-state index contributed by atoms with van der Waals surface area (Å²) < 4.78 is 12.1. The number of carbonyl (C=O) groups is 2. The summed E-state index contributed by atoms with van der Waals surface area (Å²) in [4.78, 5) is 25.4. The first-order valence-corrected chi connectivity index (χ1v) is 10.7. The molecule has 4 rings (SSSR count). The van der Waals surface area contributed by atoms with E-state index in [9.17, 15) is 9.59 Å². The van der Waals surface area contributed by atoms with Crippen LogP contribution in [-0.2, 0) is 14.3 Å². The number of halogens is 1. The number of allylic oxidation sites excluding steroid dienone is 1. The highest BCUT2D eigenvalue weighted by Crippen LogP contribution is 2.35. The fourth-order valence-electron chi connectivity index (χ4n) is 3.64. The Hall–Kier alpha value is -3.62. The molecule has 0 radical (unpaired) electrons. The fraction of sp³-hybridized carbons (Fsp3) is 0.208. The lowest BCUT2D eigenvalue weighted by Gasteiger charge is -2.28. The third-order valence-corrected chi connectivity index (χ3v) is 5.45. The largest absolute Gasteiger partial charge is 0.460 e. The van der Waals surface area contributed by atoms with Crippen molar-refractivity contribution >= 4 is 23.6 Å². The molecule has 0 saturated heterocycles. The number of hydrogen-bond acceptors (Lipinski definition) is 5. The van der Waals surface area contributed by atoms with Crippen LogP contribution in [0.1, 0.15) is 18.5 Å². The predicted octanol–water partition coefficient (Wildman–Crippen LogP) is 4.01. The molecule has 1 atom stereocenters. The smallest absolute Gasteiger partial charge is 0.338 e. The van der Waals surface area contributed by atoms with Crippen LogP contribution in [0.15, 0.2) is 72.1 Å². The molecule has 0 saturated carbocycles. The maximum absolute atomic E-state index is 13.0. The van der Waals surface area contributed by atoms with Crippen LogP contribution < -0.4 is 10.6 Å². The van der Waals surface area contributed by atoms with Gasteiger partial charge in [-0.15, -0.1) is 0 Å². The number of methoxy groups -OCH3 is 1. The zero-order valence-electron chi connectivity index (χ0n) is 18.2. The van der Waals surface area contributed by atoms with Crippen LogP contribution in [0.4, 0.5) is 4.79 Å². The van der Waals surface area contributed by atoms with Gasteiger partial charge in [-0.25, -0.2) is 14.3 Å². The first kappa shape index (κ1) is 22.6. The van der Waals surface area contributed by atoms with Crippen LogP contribution in [0.3, 0.4) is 0 Å². The van der Waals surface area contributed by atoms with Crippen molar-refractivity contribution in [3.8, 4) is 16.9 Å². The van der Waals surface area contributed by atoms with Gasteiger partial charge < -0.3 is 20.1 Å². The first-order valence-electron chi connectivity index (χ1n) is 10.3. The van der Waals surface area contributed by atoms with Gasteiger partial charge in [-0.05, 0) is 31.2 Å². The Morgan fingerprint density at radius 2 is 1.85 bits per heavy atom. The number of esters is 1. The minimum atomic E-state index is -0.767. The molecular formula is C24H23ClN4O4. The number of urea groups is 1. The number of nitrogens with one attached hydrogen (secondary N) is 2. The summed E-state index contributed by atoms with van der Waals surface area (Å²) in [5, 5.41) is 10.9. The molecular weight excluding hydrogens is 444 g/mol. The van der Waals surface area contributed by atoms with Crippen LogP contribution in [-0.4, -0.2) is 42.1 Å². The third-order valence-electron chi connectivity index (χ3n) is 5.20. The van der Waals surface area contributed by atoms with E-state index in [1.54, 1.807) is 23.7 Å². The molecule has 33 heavy (non-hydrogen) atoms. The minimum absolute atomic E-state index is 0.0973. The van der Waals surface area contributed by atoms with Crippen molar-refractivity contribution in [1.29, 1.82) is 0 Å². The van der Waals surface area contributed by atoms with Gasteiger partial charge >= 0.3 is 12.0 Å². The topological polar surface area (TPSA) is 94.5 Å². The normalized spacial score (nSPS) is 15.7. The number of benzene rings is 2. The Labute approximate surface area is 196 Å². The van der Waals surface area contributed by atoms with Crippen LogP contribution in [0, 0.1) is 0 Å². The lowest BCUT2D eigenvalue weighted by molar-refractivity contribution is -0.140. The van der Waals surface area contributed by atoms with Gasteiger partial charge in [0.1, 0.15) is 6.61 Å². The van der Waals surface area contributed by atoms with Gasteiger partial charge in [0.15, 0.2) is 0 Å². The van der Waals surface area contributed by atoms with Crippen LogP contribution in [0.2, 0.25) is 5.02 Å². The van der Waals surface area contributed by atoms with Crippen LogP contribution in [0.25, 0.3) is 16.9 Å². The molecule has 1 aromatic heterocycles. The third kappa shape index (κ3) is 4.92. The lowest BCUT2D eigenvalue weighted by Crippen LogP contribution is -2.45. The van der Waals surface area contributed by atoms with Crippen LogP contribution >= 0.6 is 11.6 Å². The number of para-hydroxylation sites is 1. The van der Waals surface area contributed by atoms with Crippen molar-refractivity contribution in [2.45, 2.75) is 13.0 Å². The Kier molecular flexibility index (Phi) is 6.76. The van der Waals surface area contributed by atoms with E-state index in [-0.39, 0.29) is 13.2 Å². The summed E-state index contributed by atoms with van der Waals surface area (Å²) >= 11 is 6.08. The zero-order valence-corrected chi connectivity index (χ0v) is 18.9. The van der Waals surface area contributed by atoms with E-state index < -0.39 is 18.0 Å². The quantitative estimate of drug-likeness (QED) is 0.405. The van der Waals surface area contributed by atoms with Gasteiger partial charge in [-0.3, -0.25) is 0 Å². The van der Waals surface area contributed by atoms with Crippen LogP contribution in [0.5, 0.6) is 0 Å². The van der Waals surface area contributed by atoms with Gasteiger partial charge in [0.05, 0.1) is 29.6 Å². The number of nitrogens with zero attached hydrogens (tertiary/aromatic N) is 2. The summed E-state index contributed by atoms with van der Waals surface area (Å²) in [5.41, 5.74) is 3.60. The molecule has 9 heteroatoms. The Morgan fingerprint density at radius 1 is 1.12 bits per heavy atom. The van der Waals surface area contributed by atoms with E-state index in [1.165, 1.54) is 7.11 Å². The van der Waals surface area contributed by atoms with Crippen molar-refractivity contribution in [1.82, 2.24) is 20.4 Å². The number of hydrogen-bond donors (Lipinski definition) is 2. The molecule has 0 spiro atoms. The van der Waals surface area contributed by atoms with Crippen molar-refractivity contribution < 1.29 is 19.1 Å². The Balaban J connectivity index is 1.83. The van der Waals surface area contributed by atoms with E-state index in [1.807, 2.05) is 48.7 Å². The second-order valence-electron chi connectivity index (χ2n) is 7.42. The second-order valence-corrected chi connectivity index (χ2v) is 7.86. The van der Waals surface area contributed by atoms with Gasteiger partial charge in [-0.2, -0.15) is 5.10 Å². The van der Waals surface area contributed by atoms with Gasteiger partial charge in [0.25, 0.3) is 0 Å². The zero-order chi connectivity index (χ0) is 23.4. The number of aromatic nitrogens is 2. The number of amides is 2. The van der Waals surface area contributed by atoms with Crippen molar-refractivity contribution in [3.63, 3.8) is 0 Å². The summed E-state index contributed by atoms with van der Waals surface area (Å²) in [7, 11) is 1.53. The molecule has 0 fully saturated rings. The Bertz CT molecular complexity index is 1190. The maximum atomic E-state index is 13.0. The maximum Gasteiger partial charge on any atom is 0.338 e. The number of ether oxygens (including phenoxy) is 2. The van der Waals surface area contributed by atoms with E-state index in [4.69, 9.17) is 26.2 Å². The molecule has 170 valence electrons. The lowest BCUT2D eigenvalue weighted by atomic mass is 9.94. The second kappa shape index (κ2) is 9.89.